The van der Waals surface area contributed by atoms with E-state index in [4.69, 9.17) is 4.52 Å². The molecule has 2 heterocycles. The van der Waals surface area contributed by atoms with E-state index in [1.165, 1.54) is 0 Å². The van der Waals surface area contributed by atoms with Crippen LogP contribution >= 0.6 is 0 Å². The van der Waals surface area contributed by atoms with E-state index in [-0.39, 0.29) is 0 Å². The lowest BCUT2D eigenvalue weighted by Gasteiger charge is -2.08. The molecule has 2 aromatic heterocycles. The summed E-state index contributed by atoms with van der Waals surface area (Å²) in [7, 11) is 0. The van der Waals surface area contributed by atoms with Gasteiger partial charge in [0.15, 0.2) is 11.6 Å². The highest BCUT2D eigenvalue weighted by Crippen LogP contribution is 2.20. The number of anilines is 2. The van der Waals surface area contributed by atoms with Gasteiger partial charge in [0.2, 0.25) is 0 Å². The smallest absolute Gasteiger partial charge is 0.326 e. The molecule has 20 heavy (non-hydrogen) atoms. The van der Waals surface area contributed by atoms with Gasteiger partial charge in [-0.05, 0) is 26.2 Å². The van der Waals surface area contributed by atoms with Crippen molar-refractivity contribution < 1.29 is 9.32 Å². The van der Waals surface area contributed by atoms with Gasteiger partial charge in [0.1, 0.15) is 5.76 Å². The van der Waals surface area contributed by atoms with Crippen LogP contribution in [0.5, 0.6) is 0 Å². The summed E-state index contributed by atoms with van der Waals surface area (Å²) in [6.45, 7) is 7.94. The Kier molecular flexibility index (Phi) is 4.07. The third kappa shape index (κ3) is 3.37. The fourth-order valence-electron chi connectivity index (χ4n) is 1.89. The highest BCUT2D eigenvalue weighted by Gasteiger charge is 2.15. The van der Waals surface area contributed by atoms with Gasteiger partial charge < -0.3 is 4.52 Å². The first-order valence-corrected chi connectivity index (χ1v) is 6.51. The van der Waals surface area contributed by atoms with E-state index in [0.717, 1.165) is 17.7 Å². The van der Waals surface area contributed by atoms with Crippen LogP contribution in [0, 0.1) is 19.8 Å². The Hall–Kier alpha value is -2.31. The number of aromatic nitrogens is 3. The minimum absolute atomic E-state index is 0.373. The van der Waals surface area contributed by atoms with Crippen LogP contribution in [0.2, 0.25) is 0 Å². The SMILES string of the molecule is Cc1cc(NC(=O)Nc2n[nH]c(C)c2CC(C)C)no1. The number of urea groups is 1. The third-order valence-corrected chi connectivity index (χ3v) is 2.79. The molecule has 0 unspecified atom stereocenters. The summed E-state index contributed by atoms with van der Waals surface area (Å²) in [4.78, 5) is 11.9. The normalized spacial score (nSPS) is 10.8. The molecule has 0 fully saturated rings. The van der Waals surface area contributed by atoms with Crippen LogP contribution in [0.15, 0.2) is 10.6 Å². The molecule has 0 saturated carbocycles. The maximum absolute atomic E-state index is 11.9. The lowest BCUT2D eigenvalue weighted by atomic mass is 10.0. The zero-order valence-electron chi connectivity index (χ0n) is 12.1. The molecule has 7 nitrogen and oxygen atoms in total. The number of aromatic amines is 1. The fourth-order valence-corrected chi connectivity index (χ4v) is 1.89. The van der Waals surface area contributed by atoms with Crippen molar-refractivity contribution in [3.63, 3.8) is 0 Å². The number of aryl methyl sites for hydroxylation is 2. The molecule has 0 aliphatic rings. The third-order valence-electron chi connectivity index (χ3n) is 2.79. The number of carbonyl (C=O) groups excluding carboxylic acids is 1. The van der Waals surface area contributed by atoms with Gasteiger partial charge in [0.05, 0.1) is 0 Å². The molecule has 108 valence electrons. The van der Waals surface area contributed by atoms with E-state index < -0.39 is 6.03 Å². The molecule has 0 aliphatic heterocycles. The standard InChI is InChI=1S/C13H19N5O2/c1-7(2)5-10-9(4)16-17-12(10)15-13(19)14-11-6-8(3)20-18-11/h6-7H,5H2,1-4H3,(H3,14,15,16,17,18,19). The van der Waals surface area contributed by atoms with Crippen molar-refractivity contribution in [1.29, 1.82) is 0 Å². The number of nitrogens with zero attached hydrogens (tertiary/aromatic N) is 2. The molecular formula is C13H19N5O2. The van der Waals surface area contributed by atoms with Gasteiger partial charge in [-0.15, -0.1) is 0 Å². The Morgan fingerprint density at radius 2 is 2.15 bits per heavy atom. The van der Waals surface area contributed by atoms with Crippen molar-refractivity contribution in [1.82, 2.24) is 15.4 Å². The van der Waals surface area contributed by atoms with E-state index in [9.17, 15) is 4.79 Å². The van der Waals surface area contributed by atoms with Crippen molar-refractivity contribution in [2.45, 2.75) is 34.1 Å². The quantitative estimate of drug-likeness (QED) is 0.800. The van der Waals surface area contributed by atoms with E-state index in [2.05, 4.69) is 39.8 Å². The van der Waals surface area contributed by atoms with Gasteiger partial charge in [-0.3, -0.25) is 15.7 Å². The largest absolute Gasteiger partial charge is 0.360 e. The molecule has 2 amide bonds. The molecule has 7 heteroatoms. The van der Waals surface area contributed by atoms with Crippen molar-refractivity contribution in [3.8, 4) is 0 Å². The predicted molar refractivity (Wildman–Crippen MR) is 75.7 cm³/mol. The molecule has 0 spiro atoms. The summed E-state index contributed by atoms with van der Waals surface area (Å²) in [5, 5.41) is 16.0. The molecule has 2 aromatic rings. The molecule has 2 rings (SSSR count). The van der Waals surface area contributed by atoms with Gasteiger partial charge in [-0.25, -0.2) is 4.79 Å². The van der Waals surface area contributed by atoms with Crippen LogP contribution in [0.3, 0.4) is 0 Å². The van der Waals surface area contributed by atoms with E-state index in [1.807, 2.05) is 6.92 Å². The number of amides is 2. The second-order valence-corrected chi connectivity index (χ2v) is 5.18. The fraction of sp³-hybridized carbons (Fsp3) is 0.462. The first-order chi connectivity index (χ1) is 9.45. The number of hydrogen-bond donors (Lipinski definition) is 3. The summed E-state index contributed by atoms with van der Waals surface area (Å²) in [5.41, 5.74) is 1.98. The summed E-state index contributed by atoms with van der Waals surface area (Å²) >= 11 is 0. The lowest BCUT2D eigenvalue weighted by molar-refractivity contribution is 0.261. The average Bonchev–Trinajstić information content (AvgIpc) is 2.89. The van der Waals surface area contributed by atoms with Gasteiger partial charge in [0.25, 0.3) is 0 Å². The molecule has 0 bridgehead atoms. The van der Waals surface area contributed by atoms with Crippen LogP contribution in [0.1, 0.15) is 30.9 Å². The Morgan fingerprint density at radius 1 is 1.40 bits per heavy atom. The highest BCUT2D eigenvalue weighted by molar-refractivity contribution is 5.99. The minimum Gasteiger partial charge on any atom is -0.360 e. The van der Waals surface area contributed by atoms with Gasteiger partial charge >= 0.3 is 6.03 Å². The molecule has 0 saturated heterocycles. The molecule has 0 aliphatic carbocycles. The van der Waals surface area contributed by atoms with Crippen LogP contribution in [-0.4, -0.2) is 21.4 Å². The average molecular weight is 277 g/mol. The van der Waals surface area contributed by atoms with E-state index in [0.29, 0.717) is 23.3 Å². The minimum atomic E-state index is -0.394. The monoisotopic (exact) mass is 277 g/mol. The Morgan fingerprint density at radius 3 is 2.75 bits per heavy atom. The van der Waals surface area contributed by atoms with Gasteiger partial charge in [-0.2, -0.15) is 5.10 Å². The van der Waals surface area contributed by atoms with Crippen molar-refractivity contribution >= 4 is 17.7 Å². The van der Waals surface area contributed by atoms with Gasteiger partial charge in [-0.1, -0.05) is 19.0 Å². The van der Waals surface area contributed by atoms with Crippen LogP contribution in [0.25, 0.3) is 0 Å². The summed E-state index contributed by atoms with van der Waals surface area (Å²) in [5.74, 6) is 2.04. The lowest BCUT2D eigenvalue weighted by Crippen LogP contribution is -2.20. The topological polar surface area (TPSA) is 95.8 Å². The van der Waals surface area contributed by atoms with Crippen molar-refractivity contribution in [2.75, 3.05) is 10.6 Å². The number of hydrogen-bond acceptors (Lipinski definition) is 4. The molecular weight excluding hydrogens is 258 g/mol. The van der Waals surface area contributed by atoms with Gasteiger partial charge in [0, 0.05) is 17.3 Å². The number of H-pyrrole nitrogens is 1. The second-order valence-electron chi connectivity index (χ2n) is 5.18. The molecule has 0 radical (unpaired) electrons. The van der Waals surface area contributed by atoms with Crippen molar-refractivity contribution in [2.24, 2.45) is 5.92 Å². The molecule has 0 atom stereocenters. The number of rotatable bonds is 4. The first kappa shape index (κ1) is 14.1. The summed E-state index contributed by atoms with van der Waals surface area (Å²) in [6.07, 6.45) is 0.848. The maximum atomic E-state index is 11.9. The number of nitrogens with one attached hydrogen (secondary N) is 3. The van der Waals surface area contributed by atoms with E-state index >= 15 is 0 Å². The van der Waals surface area contributed by atoms with Crippen LogP contribution < -0.4 is 10.6 Å². The Bertz CT molecular complexity index is 600. The summed E-state index contributed by atoms with van der Waals surface area (Å²) in [6, 6.07) is 1.25. The second kappa shape index (κ2) is 5.77. The Labute approximate surface area is 117 Å². The molecule has 0 aromatic carbocycles. The Balaban J connectivity index is 2.04. The number of carbonyl (C=O) groups is 1. The van der Waals surface area contributed by atoms with Crippen LogP contribution in [0.4, 0.5) is 16.4 Å². The zero-order valence-corrected chi connectivity index (χ0v) is 12.1. The summed E-state index contributed by atoms with van der Waals surface area (Å²) < 4.78 is 4.88. The molecule has 3 N–H and O–H groups in total. The zero-order chi connectivity index (χ0) is 14.7. The highest BCUT2D eigenvalue weighted by atomic mass is 16.5. The van der Waals surface area contributed by atoms with E-state index in [1.54, 1.807) is 13.0 Å². The predicted octanol–water partition coefficient (Wildman–Crippen LogP) is 2.86. The van der Waals surface area contributed by atoms with Crippen LogP contribution in [-0.2, 0) is 6.42 Å². The maximum Gasteiger partial charge on any atom is 0.326 e. The first-order valence-electron chi connectivity index (χ1n) is 6.51. The van der Waals surface area contributed by atoms with Crippen molar-refractivity contribution in [3.05, 3.63) is 23.1 Å².